The highest BCUT2D eigenvalue weighted by molar-refractivity contribution is 5.81. The van der Waals surface area contributed by atoms with Gasteiger partial charge in [0, 0.05) is 6.54 Å². The van der Waals surface area contributed by atoms with Crippen molar-refractivity contribution >= 4 is 11.0 Å². The van der Waals surface area contributed by atoms with Crippen LogP contribution in [0.15, 0.2) is 52.1 Å². The Labute approximate surface area is 169 Å². The van der Waals surface area contributed by atoms with Crippen LogP contribution in [0.3, 0.4) is 0 Å². The van der Waals surface area contributed by atoms with Gasteiger partial charge >= 0.3 is 5.69 Å². The van der Waals surface area contributed by atoms with E-state index in [-0.39, 0.29) is 5.69 Å². The molecule has 0 aromatic heterocycles. The molecule has 0 aliphatic carbocycles. The van der Waals surface area contributed by atoms with E-state index in [4.69, 9.17) is 0 Å². The van der Waals surface area contributed by atoms with Crippen LogP contribution in [0.5, 0.6) is 0 Å². The number of rotatable bonds is 4. The van der Waals surface area contributed by atoms with E-state index in [0.717, 1.165) is 35.0 Å². The van der Waals surface area contributed by atoms with Crippen LogP contribution in [-0.2, 0) is 13.0 Å². The first-order chi connectivity index (χ1) is 14.0. The average molecular weight is 390 g/mol. The minimum Gasteiger partial charge on any atom is -0.322 e. The lowest BCUT2D eigenvalue weighted by Gasteiger charge is -2.17. The first-order valence-corrected chi connectivity index (χ1v) is 9.99. The molecule has 0 saturated heterocycles. The summed E-state index contributed by atoms with van der Waals surface area (Å²) in [6.45, 7) is 8.70. The van der Waals surface area contributed by atoms with Crippen LogP contribution in [0, 0.1) is 13.8 Å². The fourth-order valence-corrected chi connectivity index (χ4v) is 3.36. The minimum atomic E-state index is -0.644. The zero-order valence-electron chi connectivity index (χ0n) is 17.3. The molecule has 0 spiro atoms. The molecule has 2 aliphatic heterocycles. The van der Waals surface area contributed by atoms with Crippen LogP contribution in [0.25, 0.3) is 22.6 Å². The molecule has 0 amide bonds. The van der Waals surface area contributed by atoms with E-state index in [1.807, 2.05) is 62.6 Å². The highest BCUT2D eigenvalue weighted by atomic mass is 16.2. The molecule has 6 nitrogen and oxygen atoms in total. The van der Waals surface area contributed by atoms with Gasteiger partial charge in [-0.3, -0.25) is 9.78 Å². The zero-order valence-corrected chi connectivity index (χ0v) is 17.3. The monoisotopic (exact) mass is 390 g/mol. The molecule has 0 fully saturated rings. The SMILES string of the molecule is CC.Cc1cc2nc3c(=O)[nH]c(=O)nc-3n(CCCc3ccccc3)c2cc1C. The molecule has 0 saturated carbocycles. The van der Waals surface area contributed by atoms with Crippen molar-refractivity contribution in [2.24, 2.45) is 0 Å². The highest BCUT2D eigenvalue weighted by Crippen LogP contribution is 2.24. The van der Waals surface area contributed by atoms with Crippen molar-refractivity contribution in [3.8, 4) is 11.5 Å². The lowest BCUT2D eigenvalue weighted by Crippen LogP contribution is -2.29. The molecule has 1 N–H and O–H groups in total. The Morgan fingerprint density at radius 1 is 0.966 bits per heavy atom. The normalized spacial score (nSPS) is 10.8. The number of nitrogens with one attached hydrogen (secondary N) is 1. The summed E-state index contributed by atoms with van der Waals surface area (Å²) in [5.41, 5.74) is 4.17. The molecule has 0 bridgehead atoms. The van der Waals surface area contributed by atoms with Gasteiger partial charge in [-0.15, -0.1) is 0 Å². The molecule has 4 rings (SSSR count). The van der Waals surface area contributed by atoms with Crippen LogP contribution >= 0.6 is 0 Å². The molecule has 150 valence electrons. The molecule has 2 aliphatic rings. The maximum Gasteiger partial charge on any atom is 0.349 e. The number of aryl methyl sites for hydroxylation is 4. The molecule has 2 heterocycles. The van der Waals surface area contributed by atoms with Crippen LogP contribution in [0.4, 0.5) is 0 Å². The number of hydrogen-bond donors (Lipinski definition) is 1. The second kappa shape index (κ2) is 8.82. The molecule has 0 unspecified atom stereocenters. The van der Waals surface area contributed by atoms with Crippen LogP contribution in [0.2, 0.25) is 0 Å². The molecule has 2 aromatic rings. The van der Waals surface area contributed by atoms with E-state index >= 15 is 0 Å². The highest BCUT2D eigenvalue weighted by Gasteiger charge is 2.19. The van der Waals surface area contributed by atoms with Crippen LogP contribution in [0.1, 0.15) is 37.0 Å². The van der Waals surface area contributed by atoms with Gasteiger partial charge in [-0.05, 0) is 55.5 Å². The number of aromatic nitrogens is 4. The van der Waals surface area contributed by atoms with Crippen molar-refractivity contribution in [3.63, 3.8) is 0 Å². The summed E-state index contributed by atoms with van der Waals surface area (Å²) in [5.74, 6) is 0.340. The van der Waals surface area contributed by atoms with Crippen molar-refractivity contribution in [2.45, 2.75) is 47.1 Å². The maximum atomic E-state index is 12.3. The largest absolute Gasteiger partial charge is 0.349 e. The molecule has 2 aromatic carbocycles. The molecule has 6 heteroatoms. The number of nitrogens with zero attached hydrogens (tertiary/aromatic N) is 3. The second-order valence-electron chi connectivity index (χ2n) is 6.82. The van der Waals surface area contributed by atoms with Gasteiger partial charge in [0.1, 0.15) is 0 Å². The molecule has 29 heavy (non-hydrogen) atoms. The van der Waals surface area contributed by atoms with E-state index in [9.17, 15) is 9.59 Å². The van der Waals surface area contributed by atoms with Crippen molar-refractivity contribution in [2.75, 3.05) is 0 Å². The third-order valence-electron chi connectivity index (χ3n) is 4.91. The van der Waals surface area contributed by atoms with Crippen molar-refractivity contribution in [1.29, 1.82) is 0 Å². The summed E-state index contributed by atoms with van der Waals surface area (Å²) >= 11 is 0. The van der Waals surface area contributed by atoms with Gasteiger partial charge in [-0.1, -0.05) is 44.2 Å². The second-order valence-corrected chi connectivity index (χ2v) is 6.82. The number of fused-ring (bicyclic) bond motifs is 2. The van der Waals surface area contributed by atoms with Gasteiger partial charge in [-0.2, -0.15) is 4.98 Å². The summed E-state index contributed by atoms with van der Waals surface area (Å²) in [5, 5.41) is 0. The van der Waals surface area contributed by atoms with Gasteiger partial charge < -0.3 is 4.57 Å². The smallest absolute Gasteiger partial charge is 0.322 e. The fourth-order valence-electron chi connectivity index (χ4n) is 3.36. The van der Waals surface area contributed by atoms with E-state index < -0.39 is 11.2 Å². The fraction of sp³-hybridized carbons (Fsp3) is 0.304. The summed E-state index contributed by atoms with van der Waals surface area (Å²) in [7, 11) is 0. The van der Waals surface area contributed by atoms with Gasteiger partial charge in [0.25, 0.3) is 5.56 Å². The number of benzene rings is 2. The van der Waals surface area contributed by atoms with Crippen LogP contribution in [-0.4, -0.2) is 19.5 Å². The van der Waals surface area contributed by atoms with Gasteiger partial charge in [0.15, 0.2) is 11.5 Å². The van der Waals surface area contributed by atoms with Crippen molar-refractivity contribution < 1.29 is 0 Å². The first-order valence-electron chi connectivity index (χ1n) is 9.99. The third-order valence-corrected chi connectivity index (χ3v) is 4.91. The minimum absolute atomic E-state index is 0.199. The van der Waals surface area contributed by atoms with Crippen molar-refractivity contribution in [1.82, 2.24) is 19.5 Å². The van der Waals surface area contributed by atoms with Gasteiger partial charge in [-0.25, -0.2) is 9.78 Å². The Bertz CT molecular complexity index is 1210. The first kappa shape index (κ1) is 20.5. The predicted octanol–water partition coefficient (Wildman–Crippen LogP) is 3.86. The lowest BCUT2D eigenvalue weighted by molar-refractivity contribution is 0.648. The predicted molar refractivity (Wildman–Crippen MR) is 117 cm³/mol. The standard InChI is InChI=1S/C21H20N4O2.C2H6/c1-13-11-16-17(12-14(13)2)25(10-6-9-15-7-4-3-5-8-15)19-18(22-16)20(26)24-21(27)23-19;1-2/h3-5,7-8,11-12H,6,9-10H2,1-2H3,(H,24,26,27);1-2H3. The average Bonchev–Trinajstić information content (AvgIpc) is 2.72. The quantitative estimate of drug-likeness (QED) is 0.537. The number of hydrogen-bond acceptors (Lipinski definition) is 4. The Balaban J connectivity index is 0.00000117. The summed E-state index contributed by atoms with van der Waals surface area (Å²) < 4.78 is 1.95. The molecule has 0 atom stereocenters. The zero-order chi connectivity index (χ0) is 21.0. The molecule has 0 radical (unpaired) electrons. The number of aromatic amines is 1. The van der Waals surface area contributed by atoms with E-state index in [1.54, 1.807) is 0 Å². The molecular weight excluding hydrogens is 364 g/mol. The van der Waals surface area contributed by atoms with Crippen molar-refractivity contribution in [3.05, 3.63) is 80.0 Å². The Morgan fingerprint density at radius 3 is 2.38 bits per heavy atom. The van der Waals surface area contributed by atoms with Gasteiger partial charge in [0.05, 0.1) is 11.0 Å². The lowest BCUT2D eigenvalue weighted by atomic mass is 10.1. The van der Waals surface area contributed by atoms with E-state index in [1.165, 1.54) is 5.56 Å². The summed E-state index contributed by atoms with van der Waals surface area (Å²) in [6, 6.07) is 14.3. The summed E-state index contributed by atoms with van der Waals surface area (Å²) in [4.78, 5) is 34.8. The third kappa shape index (κ3) is 4.26. The van der Waals surface area contributed by atoms with E-state index in [2.05, 4.69) is 27.1 Å². The molecular formula is C23H26N4O2. The maximum absolute atomic E-state index is 12.3. The van der Waals surface area contributed by atoms with Gasteiger partial charge in [0.2, 0.25) is 0 Å². The Kier molecular flexibility index (Phi) is 6.22. The summed E-state index contributed by atoms with van der Waals surface area (Å²) in [6.07, 6.45) is 1.76. The topological polar surface area (TPSA) is 80.6 Å². The van der Waals surface area contributed by atoms with Crippen LogP contribution < -0.4 is 11.2 Å². The Hall–Kier alpha value is -3.28. The van der Waals surface area contributed by atoms with E-state index in [0.29, 0.717) is 12.4 Å². The Morgan fingerprint density at radius 2 is 1.66 bits per heavy atom. The number of H-pyrrole nitrogens is 1.